The van der Waals surface area contributed by atoms with E-state index in [0.717, 1.165) is 0 Å². The van der Waals surface area contributed by atoms with Gasteiger partial charge in [0.2, 0.25) is 0 Å². The molecular weight excluding hydrogens is 204 g/mol. The summed E-state index contributed by atoms with van der Waals surface area (Å²) in [5, 5.41) is 28.0. The molecule has 0 bridgehead atoms. The normalized spacial score (nSPS) is 15.1. The lowest BCUT2D eigenvalue weighted by atomic mass is 10.00. The van der Waals surface area contributed by atoms with E-state index in [2.05, 4.69) is 0 Å². The topological polar surface area (TPSA) is 60.7 Å². The monoisotopic (exact) mass is 216 g/mol. The lowest BCUT2D eigenvalue weighted by molar-refractivity contribution is 0.0314. The second-order valence-electron chi connectivity index (χ2n) is 3.02. The Morgan fingerprint density at radius 2 is 1.86 bits per heavy atom. The summed E-state index contributed by atoms with van der Waals surface area (Å²) in [6.07, 6.45) is -2.06. The molecule has 14 heavy (non-hydrogen) atoms. The van der Waals surface area contributed by atoms with E-state index < -0.39 is 12.2 Å². The summed E-state index contributed by atoms with van der Waals surface area (Å²) in [5.74, 6) is -0.0407. The fourth-order valence-corrected chi connectivity index (χ4v) is 1.43. The summed E-state index contributed by atoms with van der Waals surface area (Å²) >= 11 is 5.42. The zero-order valence-electron chi connectivity index (χ0n) is 7.60. The van der Waals surface area contributed by atoms with Crippen LogP contribution in [-0.4, -0.2) is 27.3 Å². The number of halogens is 1. The molecule has 0 saturated heterocycles. The Kier molecular flexibility index (Phi) is 4.35. The molecule has 78 valence electrons. The van der Waals surface area contributed by atoms with Crippen molar-refractivity contribution in [1.29, 1.82) is 0 Å². The van der Waals surface area contributed by atoms with E-state index in [-0.39, 0.29) is 12.5 Å². The smallest absolute Gasteiger partial charge is 0.106 e. The van der Waals surface area contributed by atoms with Gasteiger partial charge < -0.3 is 15.3 Å². The van der Waals surface area contributed by atoms with Gasteiger partial charge in [0.25, 0.3) is 0 Å². The highest BCUT2D eigenvalue weighted by molar-refractivity contribution is 6.18. The van der Waals surface area contributed by atoms with Gasteiger partial charge in [-0.15, -0.1) is 11.6 Å². The average molecular weight is 217 g/mol. The first-order chi connectivity index (χ1) is 6.70. The van der Waals surface area contributed by atoms with Crippen LogP contribution in [0.15, 0.2) is 24.3 Å². The van der Waals surface area contributed by atoms with Crippen molar-refractivity contribution in [3.8, 4) is 0 Å². The van der Waals surface area contributed by atoms with Gasteiger partial charge in [-0.2, -0.15) is 0 Å². The third-order valence-corrected chi connectivity index (χ3v) is 2.38. The highest BCUT2D eigenvalue weighted by atomic mass is 35.5. The third-order valence-electron chi connectivity index (χ3n) is 2.07. The third kappa shape index (κ3) is 2.45. The van der Waals surface area contributed by atoms with Gasteiger partial charge >= 0.3 is 0 Å². The molecule has 0 aliphatic heterocycles. The van der Waals surface area contributed by atoms with Gasteiger partial charge in [-0.25, -0.2) is 0 Å². The zero-order valence-corrected chi connectivity index (χ0v) is 8.35. The molecule has 0 aliphatic rings. The summed E-state index contributed by atoms with van der Waals surface area (Å²) in [5.41, 5.74) is 1.12. The van der Waals surface area contributed by atoms with Gasteiger partial charge in [0.05, 0.1) is 18.6 Å². The summed E-state index contributed by atoms with van der Waals surface area (Å²) < 4.78 is 0. The van der Waals surface area contributed by atoms with Crippen LogP contribution in [0.4, 0.5) is 0 Å². The van der Waals surface area contributed by atoms with Crippen LogP contribution in [-0.2, 0) is 6.61 Å². The maximum absolute atomic E-state index is 9.66. The number of alkyl halides is 1. The SMILES string of the molecule is OCc1ccccc1C(O)C(O)CCl. The van der Waals surface area contributed by atoms with E-state index in [1.165, 1.54) is 0 Å². The summed E-state index contributed by atoms with van der Waals surface area (Å²) in [6, 6.07) is 6.85. The van der Waals surface area contributed by atoms with Gasteiger partial charge in [-0.3, -0.25) is 0 Å². The molecule has 1 rings (SSSR count). The van der Waals surface area contributed by atoms with Gasteiger partial charge in [0.1, 0.15) is 6.10 Å². The van der Waals surface area contributed by atoms with E-state index in [1.807, 2.05) is 0 Å². The van der Waals surface area contributed by atoms with Gasteiger partial charge in [0, 0.05) is 0 Å². The number of benzene rings is 1. The van der Waals surface area contributed by atoms with Gasteiger partial charge in [-0.05, 0) is 11.1 Å². The number of rotatable bonds is 4. The maximum Gasteiger partial charge on any atom is 0.106 e. The number of hydrogen-bond acceptors (Lipinski definition) is 3. The van der Waals surface area contributed by atoms with Crippen LogP contribution >= 0.6 is 11.6 Å². The van der Waals surface area contributed by atoms with Gasteiger partial charge in [0.15, 0.2) is 0 Å². The highest BCUT2D eigenvalue weighted by Gasteiger charge is 2.19. The summed E-state index contributed by atoms with van der Waals surface area (Å²) in [6.45, 7) is -0.164. The van der Waals surface area contributed by atoms with Crippen molar-refractivity contribution in [1.82, 2.24) is 0 Å². The number of hydrogen-bond donors (Lipinski definition) is 3. The Morgan fingerprint density at radius 3 is 2.43 bits per heavy atom. The fraction of sp³-hybridized carbons (Fsp3) is 0.400. The molecule has 3 nitrogen and oxygen atoms in total. The average Bonchev–Trinajstić information content (AvgIpc) is 2.26. The predicted octanol–water partition coefficient (Wildman–Crippen LogP) is 0.812. The first-order valence-corrected chi connectivity index (χ1v) is 4.85. The van der Waals surface area contributed by atoms with Crippen LogP contribution in [0.25, 0.3) is 0 Å². The van der Waals surface area contributed by atoms with E-state index in [0.29, 0.717) is 11.1 Å². The molecule has 0 radical (unpaired) electrons. The van der Waals surface area contributed by atoms with E-state index in [1.54, 1.807) is 24.3 Å². The number of aliphatic hydroxyl groups excluding tert-OH is 3. The van der Waals surface area contributed by atoms with Crippen LogP contribution in [0, 0.1) is 0 Å². The number of aliphatic hydroxyl groups is 3. The molecule has 0 aliphatic carbocycles. The molecule has 0 fully saturated rings. The minimum atomic E-state index is -1.05. The molecule has 4 heteroatoms. The Labute approximate surface area is 87.6 Å². The van der Waals surface area contributed by atoms with Crippen LogP contribution in [0.5, 0.6) is 0 Å². The van der Waals surface area contributed by atoms with E-state index in [9.17, 15) is 10.2 Å². The molecule has 1 aromatic rings. The van der Waals surface area contributed by atoms with Crippen molar-refractivity contribution < 1.29 is 15.3 Å². The Balaban J connectivity index is 2.93. The molecule has 0 spiro atoms. The summed E-state index contributed by atoms with van der Waals surface area (Å²) in [7, 11) is 0. The van der Waals surface area contributed by atoms with Crippen molar-refractivity contribution in [2.75, 3.05) is 5.88 Å². The fourth-order valence-electron chi connectivity index (χ4n) is 1.26. The van der Waals surface area contributed by atoms with Crippen molar-refractivity contribution in [2.45, 2.75) is 18.8 Å². The van der Waals surface area contributed by atoms with E-state index >= 15 is 0 Å². The molecule has 2 atom stereocenters. The quantitative estimate of drug-likeness (QED) is 0.653. The Morgan fingerprint density at radius 1 is 1.21 bits per heavy atom. The molecule has 1 aromatic carbocycles. The van der Waals surface area contributed by atoms with Crippen LogP contribution < -0.4 is 0 Å². The van der Waals surface area contributed by atoms with Crippen molar-refractivity contribution >= 4 is 11.6 Å². The first kappa shape index (κ1) is 11.5. The van der Waals surface area contributed by atoms with E-state index in [4.69, 9.17) is 16.7 Å². The standard InChI is InChI=1S/C10H13ClO3/c11-5-9(13)10(14)8-4-2-1-3-7(8)6-12/h1-4,9-10,12-14H,5-6H2. The van der Waals surface area contributed by atoms with Gasteiger partial charge in [-0.1, -0.05) is 24.3 Å². The molecule has 0 amide bonds. The molecular formula is C10H13ClO3. The van der Waals surface area contributed by atoms with Crippen LogP contribution in [0.2, 0.25) is 0 Å². The van der Waals surface area contributed by atoms with Crippen LogP contribution in [0.1, 0.15) is 17.2 Å². The molecule has 0 heterocycles. The lowest BCUT2D eigenvalue weighted by Crippen LogP contribution is -2.20. The molecule has 2 unspecified atom stereocenters. The molecule has 3 N–H and O–H groups in total. The lowest BCUT2D eigenvalue weighted by Gasteiger charge is -2.18. The first-order valence-electron chi connectivity index (χ1n) is 4.31. The Hall–Kier alpha value is -0.610. The highest BCUT2D eigenvalue weighted by Crippen LogP contribution is 2.21. The largest absolute Gasteiger partial charge is 0.392 e. The van der Waals surface area contributed by atoms with Crippen molar-refractivity contribution in [3.05, 3.63) is 35.4 Å². The molecule has 0 aromatic heterocycles. The Bertz CT molecular complexity index is 290. The van der Waals surface area contributed by atoms with Crippen molar-refractivity contribution in [2.24, 2.45) is 0 Å². The minimum Gasteiger partial charge on any atom is -0.392 e. The van der Waals surface area contributed by atoms with Crippen molar-refractivity contribution in [3.63, 3.8) is 0 Å². The maximum atomic E-state index is 9.66. The minimum absolute atomic E-state index is 0.0407. The summed E-state index contributed by atoms with van der Waals surface area (Å²) in [4.78, 5) is 0. The van der Waals surface area contributed by atoms with Crippen LogP contribution in [0.3, 0.4) is 0 Å². The predicted molar refractivity (Wildman–Crippen MR) is 54.1 cm³/mol. The zero-order chi connectivity index (χ0) is 10.6. The second kappa shape index (κ2) is 5.32. The second-order valence-corrected chi connectivity index (χ2v) is 3.33. The molecule has 0 saturated carbocycles.